The number of ether oxygens (including phenoxy) is 2. The first-order valence-electron chi connectivity index (χ1n) is 11.4. The Labute approximate surface area is 209 Å². The molecule has 1 aliphatic rings. The number of hydrogen-bond acceptors (Lipinski definition) is 4. The number of halogens is 4. The first kappa shape index (κ1) is 26.0. The summed E-state index contributed by atoms with van der Waals surface area (Å²) < 4.78 is 63.4. The van der Waals surface area contributed by atoms with Crippen molar-refractivity contribution >= 4 is 12.1 Å². The number of methoxy groups -OCH3 is 1. The summed E-state index contributed by atoms with van der Waals surface area (Å²) in [7, 11) is 0.979. The molecule has 1 aliphatic carbocycles. The Hall–Kier alpha value is -4.08. The predicted octanol–water partition coefficient (Wildman–Crippen LogP) is 5.78. The largest absolute Gasteiger partial charge is 0.496 e. The summed E-state index contributed by atoms with van der Waals surface area (Å²) in [6.45, 7) is -0.0203. The number of hydrogen-bond donors (Lipinski definition) is 2. The maximum absolute atomic E-state index is 14.1. The number of aryl methyl sites for hydroxylation is 1. The zero-order valence-corrected chi connectivity index (χ0v) is 19.6. The molecule has 3 aromatic rings. The number of amides is 1. The molecule has 6 nitrogen and oxygen atoms in total. The minimum atomic E-state index is -4.96. The molecule has 0 spiro atoms. The normalized spacial score (nSPS) is 13.4. The van der Waals surface area contributed by atoms with Crippen LogP contribution in [0.4, 0.5) is 22.4 Å². The van der Waals surface area contributed by atoms with E-state index in [1.54, 1.807) is 0 Å². The molecule has 0 unspecified atom stereocenters. The standard InChI is InChI=1S/C27H23F4NO5/c1-36-23-13-15(12-21(28)24(23)27(29,30)31)10-11-22(25(33)34)32-26(35)37-14-20-18-8-4-2-6-16(18)17-7-3-5-9-19(17)20/h2-9,12-13,20,22H,10-11,14H2,1H3,(H,32,35)(H,33,34)/t22-/m0/s1. The molecular formula is C27H23F4NO5. The molecule has 0 saturated heterocycles. The summed E-state index contributed by atoms with van der Waals surface area (Å²) >= 11 is 0. The third kappa shape index (κ3) is 5.52. The molecule has 2 N–H and O–H groups in total. The summed E-state index contributed by atoms with van der Waals surface area (Å²) in [4.78, 5) is 24.2. The van der Waals surface area contributed by atoms with Crippen LogP contribution in [0.1, 0.15) is 34.6 Å². The molecule has 0 saturated carbocycles. The van der Waals surface area contributed by atoms with Crippen molar-refractivity contribution in [2.75, 3.05) is 13.7 Å². The molecular weight excluding hydrogens is 494 g/mol. The predicted molar refractivity (Wildman–Crippen MR) is 126 cm³/mol. The van der Waals surface area contributed by atoms with Crippen molar-refractivity contribution in [3.63, 3.8) is 0 Å². The van der Waals surface area contributed by atoms with Crippen LogP contribution in [0.2, 0.25) is 0 Å². The molecule has 1 atom stereocenters. The van der Waals surface area contributed by atoms with E-state index >= 15 is 0 Å². The number of benzene rings is 3. The van der Waals surface area contributed by atoms with E-state index < -0.39 is 41.4 Å². The minimum absolute atomic E-state index is 0.0203. The highest BCUT2D eigenvalue weighted by molar-refractivity contribution is 5.81. The maximum atomic E-state index is 14.1. The Kier molecular flexibility index (Phi) is 7.37. The second-order valence-corrected chi connectivity index (χ2v) is 8.55. The van der Waals surface area contributed by atoms with Crippen molar-refractivity contribution in [2.45, 2.75) is 31.0 Å². The number of nitrogens with one attached hydrogen (secondary N) is 1. The van der Waals surface area contributed by atoms with Gasteiger partial charge < -0.3 is 19.9 Å². The number of carbonyl (C=O) groups excluding carboxylic acids is 1. The highest BCUT2D eigenvalue weighted by Gasteiger charge is 2.38. The van der Waals surface area contributed by atoms with Crippen molar-refractivity contribution in [2.24, 2.45) is 0 Å². The lowest BCUT2D eigenvalue weighted by molar-refractivity contribution is -0.141. The second-order valence-electron chi connectivity index (χ2n) is 8.55. The third-order valence-electron chi connectivity index (χ3n) is 6.27. The molecule has 4 rings (SSSR count). The Bertz CT molecular complexity index is 1280. The summed E-state index contributed by atoms with van der Waals surface area (Å²) in [6, 6.07) is 15.7. The van der Waals surface area contributed by atoms with Crippen molar-refractivity contribution in [1.82, 2.24) is 5.32 Å². The van der Waals surface area contributed by atoms with Crippen LogP contribution < -0.4 is 10.1 Å². The molecule has 0 fully saturated rings. The van der Waals surface area contributed by atoms with E-state index in [1.807, 2.05) is 48.5 Å². The molecule has 10 heteroatoms. The number of alkyl carbamates (subject to hydrolysis) is 1. The topological polar surface area (TPSA) is 84.9 Å². The summed E-state index contributed by atoms with van der Waals surface area (Å²) in [5.74, 6) is -3.83. The van der Waals surface area contributed by atoms with Gasteiger partial charge in [-0.05, 0) is 52.8 Å². The summed E-state index contributed by atoms with van der Waals surface area (Å²) in [6.07, 6.45) is -6.26. The van der Waals surface area contributed by atoms with Gasteiger partial charge in [-0.25, -0.2) is 14.0 Å². The average Bonchev–Trinajstić information content (AvgIpc) is 3.17. The van der Waals surface area contributed by atoms with Crippen LogP contribution in [-0.2, 0) is 22.1 Å². The Morgan fingerprint density at radius 2 is 1.62 bits per heavy atom. The van der Waals surface area contributed by atoms with Gasteiger partial charge in [-0.1, -0.05) is 48.5 Å². The lowest BCUT2D eigenvalue weighted by Gasteiger charge is -2.18. The van der Waals surface area contributed by atoms with Crippen molar-refractivity contribution in [1.29, 1.82) is 0 Å². The molecule has 37 heavy (non-hydrogen) atoms. The van der Waals surface area contributed by atoms with Crippen LogP contribution in [-0.4, -0.2) is 36.9 Å². The smallest absolute Gasteiger partial charge is 0.422 e. The number of carboxylic acids is 1. The highest BCUT2D eigenvalue weighted by atomic mass is 19.4. The third-order valence-corrected chi connectivity index (χ3v) is 6.27. The van der Waals surface area contributed by atoms with Gasteiger partial charge in [0.05, 0.1) is 7.11 Å². The van der Waals surface area contributed by atoms with E-state index in [-0.39, 0.29) is 30.9 Å². The minimum Gasteiger partial charge on any atom is -0.496 e. The molecule has 3 aromatic carbocycles. The number of aliphatic carboxylic acids is 1. The van der Waals surface area contributed by atoms with Crippen LogP contribution in [0.3, 0.4) is 0 Å². The monoisotopic (exact) mass is 517 g/mol. The SMILES string of the molecule is COc1cc(CC[C@H](NC(=O)OCC2c3ccccc3-c3ccccc32)C(=O)O)cc(F)c1C(F)(F)F. The van der Waals surface area contributed by atoms with Gasteiger partial charge in [0.1, 0.15) is 29.8 Å². The summed E-state index contributed by atoms with van der Waals surface area (Å²) in [5.41, 5.74) is 2.60. The van der Waals surface area contributed by atoms with Crippen LogP contribution in [0.5, 0.6) is 5.75 Å². The Morgan fingerprint density at radius 3 is 2.16 bits per heavy atom. The van der Waals surface area contributed by atoms with Crippen molar-refractivity contribution in [3.05, 3.63) is 88.7 Å². The van der Waals surface area contributed by atoms with Crippen LogP contribution in [0, 0.1) is 5.82 Å². The highest BCUT2D eigenvalue weighted by Crippen LogP contribution is 2.44. The van der Waals surface area contributed by atoms with Gasteiger partial charge in [-0.15, -0.1) is 0 Å². The van der Waals surface area contributed by atoms with Gasteiger partial charge in [0.2, 0.25) is 0 Å². The molecule has 0 bridgehead atoms. The fourth-order valence-corrected chi connectivity index (χ4v) is 4.57. The first-order valence-corrected chi connectivity index (χ1v) is 11.4. The van der Waals surface area contributed by atoms with E-state index in [9.17, 15) is 32.3 Å². The number of alkyl halides is 3. The average molecular weight is 517 g/mol. The zero-order valence-electron chi connectivity index (χ0n) is 19.6. The molecule has 0 aliphatic heterocycles. The van der Waals surface area contributed by atoms with Crippen LogP contribution in [0.15, 0.2) is 60.7 Å². The van der Waals surface area contributed by atoms with Crippen LogP contribution >= 0.6 is 0 Å². The van der Waals surface area contributed by atoms with Gasteiger partial charge in [-0.3, -0.25) is 0 Å². The van der Waals surface area contributed by atoms with Crippen LogP contribution in [0.25, 0.3) is 11.1 Å². The zero-order chi connectivity index (χ0) is 26.7. The van der Waals surface area contributed by atoms with Crippen molar-refractivity contribution in [3.8, 4) is 16.9 Å². The molecule has 1 amide bonds. The Balaban J connectivity index is 1.40. The number of carbonyl (C=O) groups is 2. The maximum Gasteiger partial charge on any atom is 0.422 e. The fourth-order valence-electron chi connectivity index (χ4n) is 4.57. The van der Waals surface area contributed by atoms with Crippen molar-refractivity contribution < 1.29 is 41.7 Å². The number of fused-ring (bicyclic) bond motifs is 3. The quantitative estimate of drug-likeness (QED) is 0.370. The van der Waals surface area contributed by atoms with Gasteiger partial charge in [0.25, 0.3) is 0 Å². The molecule has 0 radical (unpaired) electrons. The lowest BCUT2D eigenvalue weighted by atomic mass is 9.98. The summed E-state index contributed by atoms with van der Waals surface area (Å²) in [5, 5.41) is 11.8. The van der Waals surface area contributed by atoms with Gasteiger partial charge in [0.15, 0.2) is 0 Å². The van der Waals surface area contributed by atoms with E-state index in [0.29, 0.717) is 6.07 Å². The van der Waals surface area contributed by atoms with E-state index in [1.165, 1.54) is 0 Å². The number of carboxylic acid groups (broad SMARTS) is 1. The second kappa shape index (κ2) is 10.5. The fraction of sp³-hybridized carbons (Fsp3) is 0.259. The van der Waals surface area contributed by atoms with E-state index in [0.717, 1.165) is 35.4 Å². The first-order chi connectivity index (χ1) is 17.6. The van der Waals surface area contributed by atoms with Gasteiger partial charge >= 0.3 is 18.2 Å². The Morgan fingerprint density at radius 1 is 1.03 bits per heavy atom. The molecule has 194 valence electrons. The van der Waals surface area contributed by atoms with E-state index in [4.69, 9.17) is 4.74 Å². The molecule has 0 heterocycles. The van der Waals surface area contributed by atoms with Gasteiger partial charge in [0, 0.05) is 5.92 Å². The molecule has 0 aromatic heterocycles. The van der Waals surface area contributed by atoms with Gasteiger partial charge in [-0.2, -0.15) is 13.2 Å². The van der Waals surface area contributed by atoms with E-state index in [2.05, 4.69) is 10.1 Å². The lowest BCUT2D eigenvalue weighted by Crippen LogP contribution is -2.41. The number of rotatable bonds is 8.